The van der Waals surface area contributed by atoms with Gasteiger partial charge in [-0.05, 0) is 24.0 Å². The molecule has 0 atom stereocenters. The van der Waals surface area contributed by atoms with Crippen molar-refractivity contribution in [2.75, 3.05) is 24.2 Å². The van der Waals surface area contributed by atoms with E-state index in [1.807, 2.05) is 0 Å². The van der Waals surface area contributed by atoms with E-state index >= 15 is 0 Å². The number of nitrogen functional groups attached to an aromatic ring is 1. The Labute approximate surface area is 184 Å². The standard InChI is InChI=1S/C22H22N8O2/c23-21-27-10-15(11-28-21)14-2-4-16(5-3-14)22(6-1-7-22)20-29-19(32-30-20)17-12-26-18(13-25-17)24-8-9-31/h2-5,10-13,31H,1,6-9H2,(H,24,26)(H2,23,27,28). The number of nitrogens with zero attached hydrogens (tertiary/aromatic N) is 6. The summed E-state index contributed by atoms with van der Waals surface area (Å²) in [7, 11) is 0. The predicted octanol–water partition coefficient (Wildman–Crippen LogP) is 2.44. The van der Waals surface area contributed by atoms with Gasteiger partial charge in [0.1, 0.15) is 11.5 Å². The highest BCUT2D eigenvalue weighted by Crippen LogP contribution is 2.48. The molecule has 10 heteroatoms. The first-order valence-corrected chi connectivity index (χ1v) is 10.4. The maximum Gasteiger partial charge on any atom is 0.278 e. The minimum Gasteiger partial charge on any atom is -0.395 e. The van der Waals surface area contributed by atoms with Gasteiger partial charge in [-0.25, -0.2) is 19.9 Å². The lowest BCUT2D eigenvalue weighted by Crippen LogP contribution is -2.36. The fourth-order valence-electron chi connectivity index (χ4n) is 3.88. The van der Waals surface area contributed by atoms with Gasteiger partial charge in [0.05, 0.1) is 24.4 Å². The van der Waals surface area contributed by atoms with Crippen LogP contribution in [-0.4, -0.2) is 48.3 Å². The largest absolute Gasteiger partial charge is 0.395 e. The Balaban J connectivity index is 1.39. The normalized spacial score (nSPS) is 14.7. The van der Waals surface area contributed by atoms with E-state index in [9.17, 15) is 0 Å². The smallest absolute Gasteiger partial charge is 0.278 e. The Bertz CT molecular complexity index is 1190. The van der Waals surface area contributed by atoms with E-state index in [0.29, 0.717) is 29.8 Å². The molecule has 0 radical (unpaired) electrons. The van der Waals surface area contributed by atoms with Gasteiger partial charge in [-0.2, -0.15) is 4.98 Å². The highest BCUT2D eigenvalue weighted by Gasteiger charge is 2.44. The Hall–Kier alpha value is -3.92. The molecule has 0 spiro atoms. The summed E-state index contributed by atoms with van der Waals surface area (Å²) in [6, 6.07) is 8.30. The van der Waals surface area contributed by atoms with Gasteiger partial charge < -0.3 is 20.7 Å². The first-order valence-electron chi connectivity index (χ1n) is 10.4. The number of aromatic nitrogens is 6. The summed E-state index contributed by atoms with van der Waals surface area (Å²) < 4.78 is 5.53. The quantitative estimate of drug-likeness (QED) is 0.399. The van der Waals surface area contributed by atoms with Crippen molar-refractivity contribution < 1.29 is 9.63 Å². The van der Waals surface area contributed by atoms with Gasteiger partial charge in [0.2, 0.25) is 5.95 Å². The highest BCUT2D eigenvalue weighted by atomic mass is 16.5. The van der Waals surface area contributed by atoms with Gasteiger partial charge in [0.15, 0.2) is 5.82 Å². The molecule has 0 aliphatic heterocycles. The second-order valence-electron chi connectivity index (χ2n) is 7.70. The Morgan fingerprint density at radius 3 is 2.38 bits per heavy atom. The van der Waals surface area contributed by atoms with E-state index in [0.717, 1.165) is 36.0 Å². The third kappa shape index (κ3) is 3.65. The Morgan fingerprint density at radius 1 is 0.969 bits per heavy atom. The molecule has 4 N–H and O–H groups in total. The summed E-state index contributed by atoms with van der Waals surface area (Å²) in [4.78, 5) is 21.4. The number of hydrogen-bond acceptors (Lipinski definition) is 10. The summed E-state index contributed by atoms with van der Waals surface area (Å²) in [5, 5.41) is 16.1. The fourth-order valence-corrected chi connectivity index (χ4v) is 3.88. The van der Waals surface area contributed by atoms with Gasteiger partial charge in [-0.1, -0.05) is 35.8 Å². The van der Waals surface area contributed by atoms with Crippen LogP contribution < -0.4 is 11.1 Å². The van der Waals surface area contributed by atoms with E-state index in [1.54, 1.807) is 24.8 Å². The highest BCUT2D eigenvalue weighted by molar-refractivity contribution is 5.63. The summed E-state index contributed by atoms with van der Waals surface area (Å²) in [5.74, 6) is 1.83. The minimum atomic E-state index is -0.270. The van der Waals surface area contributed by atoms with E-state index in [1.165, 1.54) is 0 Å². The van der Waals surface area contributed by atoms with Gasteiger partial charge >= 0.3 is 0 Å². The minimum absolute atomic E-state index is 0.0211. The van der Waals surface area contributed by atoms with Crippen LogP contribution in [0.5, 0.6) is 0 Å². The van der Waals surface area contributed by atoms with Crippen LogP contribution in [0.25, 0.3) is 22.7 Å². The number of benzene rings is 1. The number of nitrogens with two attached hydrogens (primary N) is 1. The van der Waals surface area contributed by atoms with Crippen LogP contribution in [0.4, 0.5) is 11.8 Å². The molecule has 1 aromatic carbocycles. The molecule has 4 aromatic rings. The van der Waals surface area contributed by atoms with Crippen LogP contribution in [0.1, 0.15) is 30.7 Å². The zero-order chi connectivity index (χ0) is 22.0. The molecule has 1 aliphatic rings. The SMILES string of the molecule is Nc1ncc(-c2ccc(C3(c4noc(-c5cnc(NCCO)cn5)n4)CCC3)cc2)cn1. The first kappa shape index (κ1) is 20.0. The average molecular weight is 430 g/mol. The molecule has 5 rings (SSSR count). The van der Waals surface area contributed by atoms with Crippen molar-refractivity contribution in [2.45, 2.75) is 24.7 Å². The van der Waals surface area contributed by atoms with Crippen molar-refractivity contribution in [3.63, 3.8) is 0 Å². The lowest BCUT2D eigenvalue weighted by Gasteiger charge is -2.39. The molecule has 0 saturated heterocycles. The van der Waals surface area contributed by atoms with Crippen LogP contribution in [0.2, 0.25) is 0 Å². The molecule has 10 nitrogen and oxygen atoms in total. The lowest BCUT2D eigenvalue weighted by molar-refractivity contribution is 0.273. The third-order valence-electron chi connectivity index (χ3n) is 5.79. The van der Waals surface area contributed by atoms with Crippen molar-refractivity contribution in [1.82, 2.24) is 30.1 Å². The van der Waals surface area contributed by atoms with Crippen LogP contribution in [0, 0.1) is 0 Å². The molecule has 3 heterocycles. The molecule has 0 bridgehead atoms. The Kier molecular flexibility index (Phi) is 5.20. The van der Waals surface area contributed by atoms with Crippen LogP contribution in [-0.2, 0) is 5.41 Å². The molecular formula is C22H22N8O2. The van der Waals surface area contributed by atoms with Crippen LogP contribution >= 0.6 is 0 Å². The van der Waals surface area contributed by atoms with E-state index in [-0.39, 0.29) is 18.0 Å². The average Bonchev–Trinajstić information content (AvgIpc) is 3.29. The maximum absolute atomic E-state index is 8.89. The van der Waals surface area contributed by atoms with E-state index < -0.39 is 0 Å². The topological polar surface area (TPSA) is 149 Å². The summed E-state index contributed by atoms with van der Waals surface area (Å²) >= 11 is 0. The van der Waals surface area contributed by atoms with Crippen molar-refractivity contribution in [3.8, 4) is 22.7 Å². The molecule has 32 heavy (non-hydrogen) atoms. The number of anilines is 2. The number of aliphatic hydroxyl groups excluding tert-OH is 1. The van der Waals surface area contributed by atoms with Gasteiger partial charge in [0, 0.05) is 24.5 Å². The Morgan fingerprint density at radius 2 is 1.75 bits per heavy atom. The summed E-state index contributed by atoms with van der Waals surface area (Å²) in [6.07, 6.45) is 9.59. The predicted molar refractivity (Wildman–Crippen MR) is 117 cm³/mol. The number of rotatable bonds is 7. The zero-order valence-electron chi connectivity index (χ0n) is 17.3. The zero-order valence-corrected chi connectivity index (χ0v) is 17.3. The molecule has 162 valence electrons. The molecule has 0 amide bonds. The second-order valence-corrected chi connectivity index (χ2v) is 7.70. The van der Waals surface area contributed by atoms with Crippen LogP contribution in [0.15, 0.2) is 53.6 Å². The molecule has 1 saturated carbocycles. The third-order valence-corrected chi connectivity index (χ3v) is 5.79. The van der Waals surface area contributed by atoms with Crippen molar-refractivity contribution in [2.24, 2.45) is 0 Å². The molecular weight excluding hydrogens is 408 g/mol. The fraction of sp³-hybridized carbons (Fsp3) is 0.273. The van der Waals surface area contributed by atoms with Gasteiger partial charge in [0.25, 0.3) is 5.89 Å². The number of hydrogen-bond donors (Lipinski definition) is 3. The van der Waals surface area contributed by atoms with Gasteiger partial charge in [-0.3, -0.25) is 0 Å². The van der Waals surface area contributed by atoms with E-state index in [4.69, 9.17) is 15.4 Å². The van der Waals surface area contributed by atoms with Crippen molar-refractivity contribution in [3.05, 3.63) is 60.4 Å². The second kappa shape index (κ2) is 8.31. The number of nitrogens with one attached hydrogen (secondary N) is 1. The van der Waals surface area contributed by atoms with Gasteiger partial charge in [-0.15, -0.1) is 0 Å². The monoisotopic (exact) mass is 430 g/mol. The van der Waals surface area contributed by atoms with E-state index in [2.05, 4.69) is 59.7 Å². The van der Waals surface area contributed by atoms with Crippen molar-refractivity contribution >= 4 is 11.8 Å². The molecule has 0 unspecified atom stereocenters. The molecule has 1 fully saturated rings. The lowest BCUT2D eigenvalue weighted by atomic mass is 9.64. The summed E-state index contributed by atoms with van der Waals surface area (Å²) in [6.45, 7) is 0.429. The van der Waals surface area contributed by atoms with Crippen molar-refractivity contribution in [1.29, 1.82) is 0 Å². The summed E-state index contributed by atoms with van der Waals surface area (Å²) in [5.41, 5.74) is 8.89. The molecule has 1 aliphatic carbocycles. The molecule has 3 aromatic heterocycles. The number of aliphatic hydroxyl groups is 1. The van der Waals surface area contributed by atoms with Crippen LogP contribution in [0.3, 0.4) is 0 Å². The maximum atomic E-state index is 8.89. The first-order chi connectivity index (χ1) is 15.7.